The van der Waals surface area contributed by atoms with Gasteiger partial charge in [-0.3, -0.25) is 14.5 Å². The Balaban J connectivity index is 1.66. The number of nitrogens with zero attached hydrogens (tertiary/aromatic N) is 3. The molecule has 1 aromatic rings. The van der Waals surface area contributed by atoms with Crippen LogP contribution in [0, 0.1) is 5.92 Å². The van der Waals surface area contributed by atoms with E-state index in [1.807, 2.05) is 0 Å². The second-order valence-electron chi connectivity index (χ2n) is 7.11. The summed E-state index contributed by atoms with van der Waals surface area (Å²) in [5, 5.41) is 7.21. The molecule has 3 rings (SSSR count). The Morgan fingerprint density at radius 3 is 2.76 bits per heavy atom. The number of amides is 1. The Bertz CT molecular complexity index is 654. The van der Waals surface area contributed by atoms with Gasteiger partial charge in [0.25, 0.3) is 11.5 Å². The van der Waals surface area contributed by atoms with Gasteiger partial charge in [0.05, 0.1) is 0 Å². The maximum atomic E-state index is 12.6. The van der Waals surface area contributed by atoms with Crippen molar-refractivity contribution in [2.45, 2.75) is 44.7 Å². The summed E-state index contributed by atoms with van der Waals surface area (Å²) in [6.07, 6.45) is 4.35. The largest absolute Gasteiger partial charge is 0.381 e. The smallest absolute Gasteiger partial charge is 0.271 e. The van der Waals surface area contributed by atoms with Gasteiger partial charge in [-0.1, -0.05) is 13.3 Å². The number of ether oxygens (including phenoxy) is 1. The number of nitrogens with one attached hydrogen (secondary N) is 1. The van der Waals surface area contributed by atoms with E-state index in [4.69, 9.17) is 4.74 Å². The molecule has 2 saturated heterocycles. The zero-order valence-electron chi connectivity index (χ0n) is 15.1. The van der Waals surface area contributed by atoms with Crippen LogP contribution >= 0.6 is 0 Å². The highest BCUT2D eigenvalue weighted by molar-refractivity contribution is 5.92. The number of hydrogen-bond acceptors (Lipinski definition) is 5. The Labute approximate surface area is 148 Å². The predicted octanol–water partition coefficient (Wildman–Crippen LogP) is 0.790. The van der Waals surface area contributed by atoms with E-state index in [-0.39, 0.29) is 17.5 Å². The van der Waals surface area contributed by atoms with E-state index in [2.05, 4.69) is 22.2 Å². The monoisotopic (exact) mass is 348 g/mol. The number of rotatable bonds is 5. The first-order chi connectivity index (χ1) is 12.1. The molecule has 2 aliphatic rings. The van der Waals surface area contributed by atoms with Crippen molar-refractivity contribution < 1.29 is 9.53 Å². The van der Waals surface area contributed by atoms with Gasteiger partial charge >= 0.3 is 0 Å². The first-order valence-corrected chi connectivity index (χ1v) is 9.25. The summed E-state index contributed by atoms with van der Waals surface area (Å²) < 4.78 is 6.67. The summed E-state index contributed by atoms with van der Waals surface area (Å²) in [5.41, 5.74) is 0.0776. The minimum absolute atomic E-state index is 0.134. The SMILES string of the molecule is CCC[C@@H]1CN(C2CCOCC2)C[C@H]1NC(=O)c1ccc(=O)n(C)n1. The van der Waals surface area contributed by atoms with Gasteiger partial charge in [0.2, 0.25) is 0 Å². The minimum Gasteiger partial charge on any atom is -0.381 e. The molecule has 2 aliphatic heterocycles. The molecule has 7 nitrogen and oxygen atoms in total. The van der Waals surface area contributed by atoms with Crippen LogP contribution in [0.15, 0.2) is 16.9 Å². The van der Waals surface area contributed by atoms with Crippen molar-refractivity contribution in [3.05, 3.63) is 28.2 Å². The van der Waals surface area contributed by atoms with Gasteiger partial charge in [0.1, 0.15) is 5.69 Å². The van der Waals surface area contributed by atoms with Crippen LogP contribution in [-0.4, -0.2) is 59.0 Å². The molecule has 2 fully saturated rings. The van der Waals surface area contributed by atoms with Crippen LogP contribution in [0.25, 0.3) is 0 Å². The molecule has 0 spiro atoms. The van der Waals surface area contributed by atoms with Crippen LogP contribution in [0.4, 0.5) is 0 Å². The Kier molecular flexibility index (Phi) is 5.86. The molecule has 0 unspecified atom stereocenters. The molecule has 7 heteroatoms. The number of aryl methyl sites for hydroxylation is 1. The first-order valence-electron chi connectivity index (χ1n) is 9.25. The molecule has 1 amide bonds. The molecule has 0 bridgehead atoms. The van der Waals surface area contributed by atoms with Crippen LogP contribution in [0.1, 0.15) is 43.1 Å². The average molecular weight is 348 g/mol. The quantitative estimate of drug-likeness (QED) is 0.851. The normalized spacial score (nSPS) is 25.2. The minimum atomic E-state index is -0.216. The third kappa shape index (κ3) is 4.27. The van der Waals surface area contributed by atoms with E-state index < -0.39 is 0 Å². The van der Waals surface area contributed by atoms with Crippen LogP contribution in [0.2, 0.25) is 0 Å². The molecular weight excluding hydrogens is 320 g/mol. The van der Waals surface area contributed by atoms with Gasteiger partial charge in [-0.25, -0.2) is 4.68 Å². The van der Waals surface area contributed by atoms with Crippen molar-refractivity contribution in [3.8, 4) is 0 Å². The van der Waals surface area contributed by atoms with E-state index in [1.165, 1.54) is 16.8 Å². The van der Waals surface area contributed by atoms with Gasteiger partial charge < -0.3 is 10.1 Å². The third-order valence-electron chi connectivity index (χ3n) is 5.35. The van der Waals surface area contributed by atoms with E-state index in [0.717, 1.165) is 52.0 Å². The Morgan fingerprint density at radius 2 is 2.08 bits per heavy atom. The van der Waals surface area contributed by atoms with Gasteiger partial charge in [-0.2, -0.15) is 5.10 Å². The summed E-state index contributed by atoms with van der Waals surface area (Å²) in [5.74, 6) is 0.264. The molecule has 25 heavy (non-hydrogen) atoms. The molecule has 2 atom stereocenters. The van der Waals surface area contributed by atoms with Crippen molar-refractivity contribution in [2.75, 3.05) is 26.3 Å². The highest BCUT2D eigenvalue weighted by Crippen LogP contribution is 2.27. The Hall–Kier alpha value is -1.73. The maximum absolute atomic E-state index is 12.6. The molecule has 0 saturated carbocycles. The van der Waals surface area contributed by atoms with E-state index >= 15 is 0 Å². The fourth-order valence-electron chi connectivity index (χ4n) is 3.95. The fourth-order valence-corrected chi connectivity index (χ4v) is 3.95. The van der Waals surface area contributed by atoms with Crippen LogP contribution in [-0.2, 0) is 11.8 Å². The number of hydrogen-bond donors (Lipinski definition) is 1. The lowest BCUT2D eigenvalue weighted by Gasteiger charge is -2.31. The highest BCUT2D eigenvalue weighted by atomic mass is 16.5. The average Bonchev–Trinajstić information content (AvgIpc) is 3.01. The van der Waals surface area contributed by atoms with Crippen molar-refractivity contribution in [2.24, 2.45) is 13.0 Å². The van der Waals surface area contributed by atoms with Gasteiger partial charge in [0, 0.05) is 51.5 Å². The second kappa shape index (κ2) is 8.10. The summed E-state index contributed by atoms with van der Waals surface area (Å²) in [6, 6.07) is 3.58. The molecule has 1 N–H and O–H groups in total. The van der Waals surface area contributed by atoms with Gasteiger partial charge in [-0.15, -0.1) is 0 Å². The lowest BCUT2D eigenvalue weighted by Crippen LogP contribution is -2.43. The summed E-state index contributed by atoms with van der Waals surface area (Å²) in [7, 11) is 1.56. The lowest BCUT2D eigenvalue weighted by atomic mass is 9.98. The van der Waals surface area contributed by atoms with Crippen molar-refractivity contribution >= 4 is 5.91 Å². The lowest BCUT2D eigenvalue weighted by molar-refractivity contribution is 0.0405. The summed E-state index contributed by atoms with van der Waals surface area (Å²) in [4.78, 5) is 26.5. The van der Waals surface area contributed by atoms with E-state index in [1.54, 1.807) is 7.05 Å². The van der Waals surface area contributed by atoms with Gasteiger partial charge in [0.15, 0.2) is 0 Å². The second-order valence-corrected chi connectivity index (χ2v) is 7.11. The standard InChI is InChI=1S/C18H28N4O3/c1-3-4-13-11-22(14-7-9-25-10-8-14)12-16(13)19-18(24)15-5-6-17(23)21(2)20-15/h5-6,13-14,16H,3-4,7-12H2,1-2H3,(H,19,24)/t13-,16-/m1/s1. The number of carbonyl (C=O) groups excluding carboxylic acids is 1. The van der Waals surface area contributed by atoms with Crippen molar-refractivity contribution in [1.82, 2.24) is 20.0 Å². The number of carbonyl (C=O) groups is 1. The molecule has 0 aromatic carbocycles. The van der Waals surface area contributed by atoms with Crippen molar-refractivity contribution in [1.29, 1.82) is 0 Å². The molecular formula is C18H28N4O3. The van der Waals surface area contributed by atoms with Crippen LogP contribution in [0.5, 0.6) is 0 Å². The number of likely N-dealkylation sites (tertiary alicyclic amines) is 1. The number of aromatic nitrogens is 2. The predicted molar refractivity (Wildman–Crippen MR) is 94.5 cm³/mol. The molecule has 0 radical (unpaired) electrons. The summed E-state index contributed by atoms with van der Waals surface area (Å²) >= 11 is 0. The third-order valence-corrected chi connectivity index (χ3v) is 5.35. The Morgan fingerprint density at radius 1 is 1.32 bits per heavy atom. The molecule has 3 heterocycles. The zero-order chi connectivity index (χ0) is 17.8. The van der Waals surface area contributed by atoms with Gasteiger partial charge in [-0.05, 0) is 31.2 Å². The summed E-state index contributed by atoms with van der Waals surface area (Å²) in [6.45, 7) is 5.76. The molecule has 138 valence electrons. The van der Waals surface area contributed by atoms with Crippen molar-refractivity contribution in [3.63, 3.8) is 0 Å². The zero-order valence-corrected chi connectivity index (χ0v) is 15.1. The van der Waals surface area contributed by atoms with E-state index in [9.17, 15) is 9.59 Å². The highest BCUT2D eigenvalue weighted by Gasteiger charge is 2.37. The fraction of sp³-hybridized carbons (Fsp3) is 0.722. The van der Waals surface area contributed by atoms with Crippen LogP contribution < -0.4 is 10.9 Å². The van der Waals surface area contributed by atoms with E-state index in [0.29, 0.717) is 17.7 Å². The van der Waals surface area contributed by atoms with Crippen LogP contribution in [0.3, 0.4) is 0 Å². The maximum Gasteiger partial charge on any atom is 0.271 e. The molecule has 0 aliphatic carbocycles. The first kappa shape index (κ1) is 18.1. The molecule has 1 aromatic heterocycles. The topological polar surface area (TPSA) is 76.5 Å².